The van der Waals surface area contributed by atoms with Crippen LogP contribution in [-0.4, -0.2) is 19.9 Å². The van der Waals surface area contributed by atoms with Crippen molar-refractivity contribution in [2.24, 2.45) is 0 Å². The molecule has 0 amide bonds. The van der Waals surface area contributed by atoms with Gasteiger partial charge in [-0.05, 0) is 35.4 Å². The summed E-state index contributed by atoms with van der Waals surface area (Å²) >= 11 is 0. The van der Waals surface area contributed by atoms with Gasteiger partial charge in [0.05, 0.1) is 11.6 Å². The van der Waals surface area contributed by atoms with Crippen molar-refractivity contribution in [1.29, 1.82) is 5.26 Å². The number of nitrogens with zero attached hydrogens (tertiary/aromatic N) is 3. The first-order valence-electron chi connectivity index (χ1n) is 7.74. The molecule has 24 heavy (non-hydrogen) atoms. The Kier molecular flexibility index (Phi) is 3.56. The summed E-state index contributed by atoms with van der Waals surface area (Å²) in [7, 11) is 0. The van der Waals surface area contributed by atoms with Crippen LogP contribution in [0, 0.1) is 11.3 Å². The molecule has 0 fully saturated rings. The number of imidazole rings is 1. The summed E-state index contributed by atoms with van der Waals surface area (Å²) in [5.74, 6) is 0.924. The number of H-pyrrole nitrogens is 2. The van der Waals surface area contributed by atoms with Crippen molar-refractivity contribution < 1.29 is 0 Å². The van der Waals surface area contributed by atoms with E-state index < -0.39 is 0 Å². The molecule has 0 bridgehead atoms. The lowest BCUT2D eigenvalue weighted by atomic mass is 10.1. The van der Waals surface area contributed by atoms with Crippen molar-refractivity contribution in [3.8, 4) is 6.07 Å². The van der Waals surface area contributed by atoms with E-state index in [4.69, 9.17) is 5.26 Å². The molecule has 4 aromatic rings. The lowest BCUT2D eigenvalue weighted by Gasteiger charge is -1.99. The third kappa shape index (κ3) is 2.77. The Morgan fingerprint density at radius 1 is 1.04 bits per heavy atom. The molecule has 4 rings (SSSR count). The highest BCUT2D eigenvalue weighted by Gasteiger charge is 2.08. The number of rotatable bonds is 4. The molecule has 3 heterocycles. The predicted molar refractivity (Wildman–Crippen MR) is 91.5 cm³/mol. The molecule has 2 N–H and O–H groups in total. The smallest absolute Gasteiger partial charge is 0.137 e. The van der Waals surface area contributed by atoms with E-state index in [1.165, 1.54) is 5.56 Å². The van der Waals surface area contributed by atoms with Crippen LogP contribution in [0.4, 0.5) is 0 Å². The zero-order valence-electron chi connectivity index (χ0n) is 13.0. The third-order valence-electron chi connectivity index (χ3n) is 4.05. The molecule has 0 saturated heterocycles. The minimum absolute atomic E-state index is 0.673. The Hall–Kier alpha value is -3.39. The van der Waals surface area contributed by atoms with Gasteiger partial charge in [-0.2, -0.15) is 5.26 Å². The summed E-state index contributed by atoms with van der Waals surface area (Å²) in [5, 5.41) is 9.98. The lowest BCUT2D eigenvalue weighted by Crippen LogP contribution is -1.92. The van der Waals surface area contributed by atoms with Crippen molar-refractivity contribution in [3.05, 3.63) is 83.2 Å². The van der Waals surface area contributed by atoms with E-state index in [0.29, 0.717) is 5.56 Å². The highest BCUT2D eigenvalue weighted by molar-refractivity contribution is 5.79. The largest absolute Gasteiger partial charge is 0.346 e. The zero-order chi connectivity index (χ0) is 16.4. The number of pyridine rings is 1. The van der Waals surface area contributed by atoms with E-state index in [1.807, 2.05) is 42.7 Å². The Labute approximate surface area is 139 Å². The second kappa shape index (κ2) is 6.01. The molecule has 116 valence electrons. The van der Waals surface area contributed by atoms with E-state index in [-0.39, 0.29) is 0 Å². The fraction of sp³-hybridized carbons (Fsp3) is 0.105. The molecule has 3 aromatic heterocycles. The van der Waals surface area contributed by atoms with E-state index in [9.17, 15) is 0 Å². The fourth-order valence-electron chi connectivity index (χ4n) is 2.84. The second-order valence-corrected chi connectivity index (χ2v) is 5.73. The minimum Gasteiger partial charge on any atom is -0.346 e. The molecule has 5 nitrogen and oxygen atoms in total. The number of nitriles is 1. The molecule has 5 heteroatoms. The molecule has 0 atom stereocenters. The van der Waals surface area contributed by atoms with Crippen LogP contribution in [0.15, 0.2) is 55.0 Å². The zero-order valence-corrected chi connectivity index (χ0v) is 13.0. The van der Waals surface area contributed by atoms with Crippen LogP contribution in [-0.2, 0) is 12.8 Å². The van der Waals surface area contributed by atoms with Crippen LogP contribution in [0.5, 0.6) is 0 Å². The molecular formula is C19H15N5. The molecule has 0 unspecified atom stereocenters. The molecular weight excluding hydrogens is 298 g/mol. The Balaban J connectivity index is 1.51. The topological polar surface area (TPSA) is 81.2 Å². The van der Waals surface area contributed by atoms with E-state index in [2.05, 4.69) is 32.1 Å². The van der Waals surface area contributed by atoms with Crippen LogP contribution in [0.25, 0.3) is 11.0 Å². The van der Waals surface area contributed by atoms with Gasteiger partial charge < -0.3 is 9.97 Å². The van der Waals surface area contributed by atoms with E-state index in [0.717, 1.165) is 41.0 Å². The number of benzene rings is 1. The molecule has 1 aromatic carbocycles. The average Bonchev–Trinajstić information content (AvgIpc) is 3.23. The third-order valence-corrected chi connectivity index (χ3v) is 4.05. The van der Waals surface area contributed by atoms with Gasteiger partial charge in [0.1, 0.15) is 11.5 Å². The summed E-state index contributed by atoms with van der Waals surface area (Å²) in [5.41, 5.74) is 4.98. The predicted octanol–water partition coefficient (Wildman–Crippen LogP) is 3.34. The van der Waals surface area contributed by atoms with Gasteiger partial charge in [0.2, 0.25) is 0 Å². The molecule has 0 radical (unpaired) electrons. The van der Waals surface area contributed by atoms with Crippen molar-refractivity contribution >= 4 is 11.0 Å². The normalized spacial score (nSPS) is 10.8. The van der Waals surface area contributed by atoms with E-state index in [1.54, 1.807) is 6.20 Å². The fourth-order valence-corrected chi connectivity index (χ4v) is 2.84. The van der Waals surface area contributed by atoms with Gasteiger partial charge in [0.25, 0.3) is 0 Å². The van der Waals surface area contributed by atoms with Gasteiger partial charge in [-0.3, -0.25) is 0 Å². The summed E-state index contributed by atoms with van der Waals surface area (Å²) in [6, 6.07) is 13.7. The summed E-state index contributed by atoms with van der Waals surface area (Å²) in [6.45, 7) is 0. The van der Waals surface area contributed by atoms with Crippen molar-refractivity contribution in [2.45, 2.75) is 12.8 Å². The second-order valence-electron chi connectivity index (χ2n) is 5.73. The first-order valence-corrected chi connectivity index (χ1v) is 7.74. The minimum atomic E-state index is 0.673. The maximum atomic E-state index is 8.84. The Morgan fingerprint density at radius 2 is 1.92 bits per heavy atom. The standard InChI is InChI=1S/C19H15N5/c20-10-14-5-3-13(4-6-14)8-18-22-12-16(24-18)9-15-11-23-19-17(15)2-1-7-21-19/h1-7,11-12H,8-9H2,(H,21,23)(H,22,24). The SMILES string of the molecule is N#Cc1ccc(Cc2ncc(Cc3c[nH]c4ncccc34)[nH]2)cc1. The number of aromatic nitrogens is 4. The maximum Gasteiger partial charge on any atom is 0.137 e. The number of aromatic amines is 2. The van der Waals surface area contributed by atoms with Gasteiger partial charge in [-0.25, -0.2) is 9.97 Å². The Bertz CT molecular complexity index is 1020. The van der Waals surface area contributed by atoms with Gasteiger partial charge in [-0.1, -0.05) is 12.1 Å². The van der Waals surface area contributed by atoms with Gasteiger partial charge >= 0.3 is 0 Å². The summed E-state index contributed by atoms with van der Waals surface area (Å²) in [6.07, 6.45) is 7.18. The monoisotopic (exact) mass is 313 g/mol. The van der Waals surface area contributed by atoms with Gasteiger partial charge in [-0.15, -0.1) is 0 Å². The number of nitrogens with one attached hydrogen (secondary N) is 2. The van der Waals surface area contributed by atoms with Crippen molar-refractivity contribution in [2.75, 3.05) is 0 Å². The summed E-state index contributed by atoms with van der Waals surface area (Å²) in [4.78, 5) is 15.4. The average molecular weight is 313 g/mol. The first-order chi connectivity index (χ1) is 11.8. The van der Waals surface area contributed by atoms with Gasteiger partial charge in [0.15, 0.2) is 0 Å². The first kappa shape index (κ1) is 14.2. The van der Waals surface area contributed by atoms with Crippen LogP contribution in [0.1, 0.15) is 28.2 Å². The van der Waals surface area contributed by atoms with Gasteiger partial charge in [0, 0.05) is 42.5 Å². The molecule has 0 aliphatic carbocycles. The molecule has 0 spiro atoms. The number of hydrogen-bond donors (Lipinski definition) is 2. The van der Waals surface area contributed by atoms with Crippen LogP contribution in [0.2, 0.25) is 0 Å². The highest BCUT2D eigenvalue weighted by atomic mass is 14.9. The Morgan fingerprint density at radius 3 is 2.75 bits per heavy atom. The summed E-state index contributed by atoms with van der Waals surface area (Å²) < 4.78 is 0. The molecule has 0 aliphatic rings. The van der Waals surface area contributed by atoms with Crippen LogP contribution in [0.3, 0.4) is 0 Å². The lowest BCUT2D eigenvalue weighted by molar-refractivity contribution is 1.00. The van der Waals surface area contributed by atoms with Crippen LogP contribution < -0.4 is 0 Å². The van der Waals surface area contributed by atoms with E-state index >= 15 is 0 Å². The van der Waals surface area contributed by atoms with Crippen molar-refractivity contribution in [3.63, 3.8) is 0 Å². The van der Waals surface area contributed by atoms with Crippen molar-refractivity contribution in [1.82, 2.24) is 19.9 Å². The highest BCUT2D eigenvalue weighted by Crippen LogP contribution is 2.19. The number of hydrogen-bond acceptors (Lipinski definition) is 3. The maximum absolute atomic E-state index is 8.84. The van der Waals surface area contributed by atoms with Crippen LogP contribution >= 0.6 is 0 Å². The number of fused-ring (bicyclic) bond motifs is 1. The molecule has 0 saturated carbocycles. The molecule has 0 aliphatic heterocycles. The quantitative estimate of drug-likeness (QED) is 0.606.